The van der Waals surface area contributed by atoms with Crippen molar-refractivity contribution in [2.75, 3.05) is 6.61 Å². The van der Waals surface area contributed by atoms with Crippen LogP contribution in [-0.4, -0.2) is 36.2 Å². The second kappa shape index (κ2) is 6.53. The molecule has 106 valence electrons. The van der Waals surface area contributed by atoms with Crippen LogP contribution >= 0.6 is 0 Å². The van der Waals surface area contributed by atoms with Crippen molar-refractivity contribution in [1.82, 2.24) is 10.6 Å². The van der Waals surface area contributed by atoms with Crippen LogP contribution in [0.4, 0.5) is 0 Å². The summed E-state index contributed by atoms with van der Waals surface area (Å²) in [7, 11) is 0. The van der Waals surface area contributed by atoms with Crippen LogP contribution in [0.15, 0.2) is 0 Å². The van der Waals surface area contributed by atoms with Gasteiger partial charge in [0.2, 0.25) is 5.91 Å². The molecule has 1 aliphatic rings. The van der Waals surface area contributed by atoms with Crippen LogP contribution in [0.2, 0.25) is 0 Å². The molecule has 18 heavy (non-hydrogen) atoms. The fraction of sp³-hybridized carbons (Fsp3) is 0.929. The summed E-state index contributed by atoms with van der Waals surface area (Å²) in [5, 5.41) is 6.39. The summed E-state index contributed by atoms with van der Waals surface area (Å²) >= 11 is 0. The maximum Gasteiger partial charge on any atom is 0.237 e. The third kappa shape index (κ3) is 4.58. The zero-order chi connectivity index (χ0) is 13.8. The van der Waals surface area contributed by atoms with Crippen molar-refractivity contribution in [3.05, 3.63) is 0 Å². The Bertz CT molecular complexity index is 273. The highest BCUT2D eigenvalue weighted by Gasteiger charge is 2.27. The van der Waals surface area contributed by atoms with Gasteiger partial charge in [-0.05, 0) is 47.0 Å². The lowest BCUT2D eigenvalue weighted by atomic mass is 10.0. The van der Waals surface area contributed by atoms with Crippen LogP contribution in [-0.2, 0) is 9.53 Å². The number of hydrogen-bond acceptors (Lipinski definition) is 3. The molecular formula is C14H28N2O2. The Morgan fingerprint density at radius 1 is 1.44 bits per heavy atom. The predicted molar refractivity (Wildman–Crippen MR) is 73.5 cm³/mol. The average molecular weight is 256 g/mol. The van der Waals surface area contributed by atoms with Crippen molar-refractivity contribution in [3.63, 3.8) is 0 Å². The van der Waals surface area contributed by atoms with E-state index in [1.54, 1.807) is 0 Å². The molecule has 0 aromatic carbocycles. The van der Waals surface area contributed by atoms with E-state index in [0.29, 0.717) is 0 Å². The number of amides is 1. The van der Waals surface area contributed by atoms with Gasteiger partial charge in [0.05, 0.1) is 12.1 Å². The van der Waals surface area contributed by atoms with E-state index in [9.17, 15) is 4.79 Å². The highest BCUT2D eigenvalue weighted by molar-refractivity contribution is 5.82. The predicted octanol–water partition coefficient (Wildman–Crippen LogP) is 1.84. The highest BCUT2D eigenvalue weighted by atomic mass is 16.5. The molecule has 0 radical (unpaired) electrons. The molecule has 3 atom stereocenters. The SMILES string of the molecule is CCC(C)(C)NC(=O)C(C)NC(C)C1CCCO1. The van der Waals surface area contributed by atoms with Gasteiger partial charge < -0.3 is 15.4 Å². The van der Waals surface area contributed by atoms with E-state index < -0.39 is 0 Å². The first-order valence-electron chi connectivity index (χ1n) is 7.05. The van der Waals surface area contributed by atoms with E-state index in [1.165, 1.54) is 0 Å². The summed E-state index contributed by atoms with van der Waals surface area (Å²) in [6.07, 6.45) is 3.38. The summed E-state index contributed by atoms with van der Waals surface area (Å²) in [5.41, 5.74) is -0.139. The van der Waals surface area contributed by atoms with Gasteiger partial charge in [0, 0.05) is 18.2 Å². The molecule has 1 aliphatic heterocycles. The van der Waals surface area contributed by atoms with E-state index in [0.717, 1.165) is 25.9 Å². The molecule has 1 rings (SSSR count). The van der Waals surface area contributed by atoms with E-state index in [2.05, 4.69) is 24.5 Å². The lowest BCUT2D eigenvalue weighted by Gasteiger charge is -2.29. The maximum atomic E-state index is 12.1. The van der Waals surface area contributed by atoms with Gasteiger partial charge in [0.1, 0.15) is 0 Å². The minimum absolute atomic E-state index is 0.0618. The third-order valence-electron chi connectivity index (χ3n) is 3.77. The Labute approximate surface area is 111 Å². The van der Waals surface area contributed by atoms with Gasteiger partial charge in [-0.25, -0.2) is 0 Å². The van der Waals surface area contributed by atoms with Crippen LogP contribution in [0, 0.1) is 0 Å². The van der Waals surface area contributed by atoms with Crippen LogP contribution in [0.5, 0.6) is 0 Å². The maximum absolute atomic E-state index is 12.1. The van der Waals surface area contributed by atoms with E-state index in [4.69, 9.17) is 4.74 Å². The monoisotopic (exact) mass is 256 g/mol. The van der Waals surface area contributed by atoms with Gasteiger partial charge in [-0.2, -0.15) is 0 Å². The Kier molecular flexibility index (Phi) is 5.60. The molecule has 1 fully saturated rings. The fourth-order valence-electron chi connectivity index (χ4n) is 2.10. The van der Waals surface area contributed by atoms with Crippen LogP contribution in [0.1, 0.15) is 53.9 Å². The van der Waals surface area contributed by atoms with Crippen molar-refractivity contribution in [3.8, 4) is 0 Å². The zero-order valence-corrected chi connectivity index (χ0v) is 12.4. The molecule has 0 saturated carbocycles. The van der Waals surface area contributed by atoms with Gasteiger partial charge in [0.25, 0.3) is 0 Å². The lowest BCUT2D eigenvalue weighted by Crippen LogP contribution is -2.53. The summed E-state index contributed by atoms with van der Waals surface area (Å²) in [6.45, 7) is 11.0. The molecule has 0 aliphatic carbocycles. The minimum atomic E-state index is -0.185. The fourth-order valence-corrected chi connectivity index (χ4v) is 2.10. The second-order valence-electron chi connectivity index (χ2n) is 5.96. The molecule has 0 aromatic heterocycles. The van der Waals surface area contributed by atoms with Gasteiger partial charge in [-0.3, -0.25) is 4.79 Å². The first kappa shape index (κ1) is 15.4. The first-order chi connectivity index (χ1) is 8.35. The van der Waals surface area contributed by atoms with E-state index >= 15 is 0 Å². The molecule has 4 heteroatoms. The van der Waals surface area contributed by atoms with Crippen LogP contribution in [0.25, 0.3) is 0 Å². The van der Waals surface area contributed by atoms with E-state index in [1.807, 2.05) is 20.8 Å². The van der Waals surface area contributed by atoms with Gasteiger partial charge >= 0.3 is 0 Å². The largest absolute Gasteiger partial charge is 0.377 e. The van der Waals surface area contributed by atoms with Crippen molar-refractivity contribution in [2.24, 2.45) is 0 Å². The molecular weight excluding hydrogens is 228 g/mol. The second-order valence-corrected chi connectivity index (χ2v) is 5.96. The molecule has 1 saturated heterocycles. The minimum Gasteiger partial charge on any atom is -0.377 e. The molecule has 4 nitrogen and oxygen atoms in total. The zero-order valence-electron chi connectivity index (χ0n) is 12.4. The van der Waals surface area contributed by atoms with Gasteiger partial charge in [-0.15, -0.1) is 0 Å². The Hall–Kier alpha value is -0.610. The number of carbonyl (C=O) groups excluding carboxylic acids is 1. The number of rotatable bonds is 6. The Morgan fingerprint density at radius 3 is 2.61 bits per heavy atom. The number of carbonyl (C=O) groups is 1. The lowest BCUT2D eigenvalue weighted by molar-refractivity contribution is -0.124. The Morgan fingerprint density at radius 2 is 2.11 bits per heavy atom. The normalized spacial score (nSPS) is 23.7. The van der Waals surface area contributed by atoms with Crippen molar-refractivity contribution < 1.29 is 9.53 Å². The average Bonchev–Trinajstić information content (AvgIpc) is 2.81. The Balaban J connectivity index is 2.39. The molecule has 0 spiro atoms. The molecule has 1 heterocycles. The molecule has 2 N–H and O–H groups in total. The molecule has 0 bridgehead atoms. The number of nitrogens with one attached hydrogen (secondary N) is 2. The highest BCUT2D eigenvalue weighted by Crippen LogP contribution is 2.16. The van der Waals surface area contributed by atoms with Crippen LogP contribution < -0.4 is 10.6 Å². The van der Waals surface area contributed by atoms with Crippen molar-refractivity contribution in [2.45, 2.75) is 77.6 Å². The summed E-state index contributed by atoms with van der Waals surface area (Å²) in [4.78, 5) is 12.1. The molecule has 0 aromatic rings. The number of hydrogen-bond donors (Lipinski definition) is 2. The number of ether oxygens (including phenoxy) is 1. The van der Waals surface area contributed by atoms with E-state index in [-0.39, 0.29) is 29.6 Å². The smallest absolute Gasteiger partial charge is 0.237 e. The molecule has 3 unspecified atom stereocenters. The van der Waals surface area contributed by atoms with Crippen LogP contribution in [0.3, 0.4) is 0 Å². The molecule has 1 amide bonds. The first-order valence-corrected chi connectivity index (χ1v) is 7.05. The van der Waals surface area contributed by atoms with Gasteiger partial charge in [0.15, 0.2) is 0 Å². The quantitative estimate of drug-likeness (QED) is 0.762. The summed E-state index contributed by atoms with van der Waals surface area (Å²) in [5.74, 6) is 0.0618. The van der Waals surface area contributed by atoms with Crippen molar-refractivity contribution in [1.29, 1.82) is 0 Å². The topological polar surface area (TPSA) is 50.4 Å². The van der Waals surface area contributed by atoms with Gasteiger partial charge in [-0.1, -0.05) is 6.92 Å². The summed E-state index contributed by atoms with van der Waals surface area (Å²) in [6, 6.07) is 0.0352. The summed E-state index contributed by atoms with van der Waals surface area (Å²) < 4.78 is 5.62. The third-order valence-corrected chi connectivity index (χ3v) is 3.77. The van der Waals surface area contributed by atoms with Crippen molar-refractivity contribution >= 4 is 5.91 Å². The standard InChI is InChI=1S/C14H28N2O2/c1-6-14(4,5)16-13(17)11(3)15-10(2)12-8-7-9-18-12/h10-12,15H,6-9H2,1-5H3,(H,16,17).